The highest BCUT2D eigenvalue weighted by Gasteiger charge is 2.13. The average Bonchev–Trinajstić information content (AvgIpc) is 3.20. The van der Waals surface area contributed by atoms with Crippen molar-refractivity contribution in [2.24, 2.45) is 0 Å². The summed E-state index contributed by atoms with van der Waals surface area (Å²) in [6.07, 6.45) is 6.87. The second kappa shape index (κ2) is 9.12. The van der Waals surface area contributed by atoms with Crippen molar-refractivity contribution in [1.82, 2.24) is 10.3 Å². The van der Waals surface area contributed by atoms with Gasteiger partial charge in [-0.05, 0) is 36.6 Å². The number of pyridine rings is 1. The third kappa shape index (κ3) is 5.51. The van der Waals surface area contributed by atoms with E-state index in [9.17, 15) is 13.6 Å². The third-order valence-corrected chi connectivity index (χ3v) is 4.26. The molecule has 2 aromatic rings. The van der Waals surface area contributed by atoms with E-state index in [1.165, 1.54) is 31.1 Å². The van der Waals surface area contributed by atoms with Crippen LogP contribution in [0.2, 0.25) is 0 Å². The summed E-state index contributed by atoms with van der Waals surface area (Å²) in [6, 6.07) is 10.2. The molecule has 27 heavy (non-hydrogen) atoms. The van der Waals surface area contributed by atoms with Crippen molar-refractivity contribution in [3.8, 4) is 5.75 Å². The summed E-state index contributed by atoms with van der Waals surface area (Å²) in [5.74, 6) is 0.654. The zero-order valence-electron chi connectivity index (χ0n) is 14.8. The molecule has 1 amide bonds. The first kappa shape index (κ1) is 18.8. The van der Waals surface area contributed by atoms with Crippen LogP contribution in [0.25, 0.3) is 6.08 Å². The van der Waals surface area contributed by atoms with Crippen LogP contribution in [0.3, 0.4) is 0 Å². The number of aromatic nitrogens is 1. The van der Waals surface area contributed by atoms with E-state index >= 15 is 0 Å². The number of hydrogen-bond acceptors (Lipinski definition) is 4. The number of benzene rings is 1. The molecule has 0 unspecified atom stereocenters. The zero-order chi connectivity index (χ0) is 19.1. The number of halogens is 2. The second-order valence-electron chi connectivity index (χ2n) is 6.19. The van der Waals surface area contributed by atoms with Crippen LogP contribution in [-0.2, 0) is 11.3 Å². The molecule has 142 valence electrons. The molecule has 1 aliphatic heterocycles. The predicted octanol–water partition coefficient (Wildman–Crippen LogP) is 3.61. The highest BCUT2D eigenvalue weighted by molar-refractivity contribution is 5.92. The van der Waals surface area contributed by atoms with E-state index in [1.54, 1.807) is 24.4 Å². The monoisotopic (exact) mass is 373 g/mol. The van der Waals surface area contributed by atoms with Gasteiger partial charge in [0.25, 0.3) is 0 Å². The number of para-hydroxylation sites is 1. The minimum absolute atomic E-state index is 0.0262. The van der Waals surface area contributed by atoms with Crippen molar-refractivity contribution in [2.45, 2.75) is 26.0 Å². The van der Waals surface area contributed by atoms with Gasteiger partial charge in [-0.15, -0.1) is 0 Å². The summed E-state index contributed by atoms with van der Waals surface area (Å²) in [7, 11) is 0. The first-order valence-electron chi connectivity index (χ1n) is 8.81. The van der Waals surface area contributed by atoms with Crippen molar-refractivity contribution in [3.63, 3.8) is 0 Å². The van der Waals surface area contributed by atoms with Crippen molar-refractivity contribution in [1.29, 1.82) is 0 Å². The van der Waals surface area contributed by atoms with Gasteiger partial charge in [-0.3, -0.25) is 4.79 Å². The lowest BCUT2D eigenvalue weighted by Gasteiger charge is -2.16. The van der Waals surface area contributed by atoms with E-state index in [4.69, 9.17) is 0 Å². The number of nitrogens with zero attached hydrogens (tertiary/aromatic N) is 2. The number of anilines is 1. The number of ether oxygens (including phenoxy) is 1. The Kier molecular flexibility index (Phi) is 6.35. The molecule has 0 spiro atoms. The van der Waals surface area contributed by atoms with E-state index in [0.717, 1.165) is 24.5 Å². The lowest BCUT2D eigenvalue weighted by molar-refractivity contribution is -0.116. The van der Waals surface area contributed by atoms with E-state index < -0.39 is 6.61 Å². The number of amides is 1. The summed E-state index contributed by atoms with van der Waals surface area (Å²) >= 11 is 0. The summed E-state index contributed by atoms with van der Waals surface area (Å²) in [5.41, 5.74) is 1.30. The molecule has 1 aromatic carbocycles. The standard InChI is InChI=1S/C20H21F2N3O2/c21-20(22)27-17-6-2-1-5-16(17)8-10-19(26)24-14-15-7-9-18(23-13-15)25-11-3-4-12-25/h1-2,5-10,13,20H,3-4,11-12,14H2,(H,24,26). The largest absolute Gasteiger partial charge is 0.434 e. The molecule has 7 heteroatoms. The average molecular weight is 373 g/mol. The SMILES string of the molecule is O=C(C=Cc1ccccc1OC(F)F)NCc1ccc(N2CCCC2)nc1. The van der Waals surface area contributed by atoms with Gasteiger partial charge >= 0.3 is 6.61 Å². The van der Waals surface area contributed by atoms with Crippen molar-refractivity contribution in [3.05, 3.63) is 59.8 Å². The third-order valence-electron chi connectivity index (χ3n) is 4.26. The second-order valence-corrected chi connectivity index (χ2v) is 6.19. The molecule has 1 aliphatic rings. The van der Waals surface area contributed by atoms with Gasteiger partial charge < -0.3 is 15.0 Å². The predicted molar refractivity (Wildman–Crippen MR) is 99.6 cm³/mol. The molecular weight excluding hydrogens is 352 g/mol. The van der Waals surface area contributed by atoms with E-state index in [-0.39, 0.29) is 11.7 Å². The Morgan fingerprint density at radius 1 is 1.22 bits per heavy atom. The van der Waals surface area contributed by atoms with Crippen molar-refractivity contribution >= 4 is 17.8 Å². The topological polar surface area (TPSA) is 54.5 Å². The molecular formula is C20H21F2N3O2. The van der Waals surface area contributed by atoms with Crippen LogP contribution >= 0.6 is 0 Å². The fourth-order valence-corrected chi connectivity index (χ4v) is 2.89. The van der Waals surface area contributed by atoms with Gasteiger partial charge in [0, 0.05) is 37.5 Å². The Balaban J connectivity index is 1.53. The molecule has 0 saturated carbocycles. The van der Waals surface area contributed by atoms with Gasteiger partial charge in [-0.1, -0.05) is 24.3 Å². The Morgan fingerprint density at radius 3 is 2.70 bits per heavy atom. The van der Waals surface area contributed by atoms with Crippen LogP contribution in [0.1, 0.15) is 24.0 Å². The molecule has 0 radical (unpaired) electrons. The van der Waals surface area contributed by atoms with Gasteiger partial charge in [0.05, 0.1) is 0 Å². The molecule has 1 aromatic heterocycles. The fraction of sp³-hybridized carbons (Fsp3) is 0.300. The summed E-state index contributed by atoms with van der Waals surface area (Å²) in [4.78, 5) is 18.7. The minimum atomic E-state index is -2.91. The van der Waals surface area contributed by atoms with Crippen LogP contribution in [0.4, 0.5) is 14.6 Å². The van der Waals surface area contributed by atoms with Gasteiger partial charge in [-0.2, -0.15) is 8.78 Å². The summed E-state index contributed by atoms with van der Waals surface area (Å²) < 4.78 is 29.2. The molecule has 5 nitrogen and oxygen atoms in total. The van der Waals surface area contributed by atoms with Crippen LogP contribution in [-0.4, -0.2) is 30.6 Å². The Hall–Kier alpha value is -2.96. The molecule has 0 aliphatic carbocycles. The Labute approximate surface area is 156 Å². The molecule has 0 atom stereocenters. The maximum absolute atomic E-state index is 12.4. The van der Waals surface area contributed by atoms with E-state index in [1.807, 2.05) is 12.1 Å². The summed E-state index contributed by atoms with van der Waals surface area (Å²) in [6.45, 7) is -0.509. The number of carbonyl (C=O) groups excluding carboxylic acids is 1. The molecule has 2 heterocycles. The van der Waals surface area contributed by atoms with E-state index in [2.05, 4.69) is 19.9 Å². The first-order chi connectivity index (χ1) is 13.1. The Bertz CT molecular complexity index is 788. The fourth-order valence-electron chi connectivity index (χ4n) is 2.89. The normalized spacial score (nSPS) is 14.1. The van der Waals surface area contributed by atoms with Crippen molar-refractivity contribution in [2.75, 3.05) is 18.0 Å². The van der Waals surface area contributed by atoms with Gasteiger partial charge in [0.1, 0.15) is 11.6 Å². The lowest BCUT2D eigenvalue weighted by atomic mass is 10.2. The van der Waals surface area contributed by atoms with Gasteiger partial charge in [-0.25, -0.2) is 4.98 Å². The van der Waals surface area contributed by atoms with Gasteiger partial charge in [0.15, 0.2) is 0 Å². The number of alkyl halides is 2. The quantitative estimate of drug-likeness (QED) is 0.754. The highest BCUT2D eigenvalue weighted by Crippen LogP contribution is 2.21. The maximum Gasteiger partial charge on any atom is 0.387 e. The Morgan fingerprint density at radius 2 is 2.00 bits per heavy atom. The van der Waals surface area contributed by atoms with Crippen LogP contribution in [0.15, 0.2) is 48.7 Å². The maximum atomic E-state index is 12.4. The minimum Gasteiger partial charge on any atom is -0.434 e. The number of nitrogens with one attached hydrogen (secondary N) is 1. The number of carbonyl (C=O) groups is 1. The first-order valence-corrected chi connectivity index (χ1v) is 8.81. The smallest absolute Gasteiger partial charge is 0.387 e. The van der Waals surface area contributed by atoms with Gasteiger partial charge in [0.2, 0.25) is 5.91 Å². The molecule has 3 rings (SSSR count). The zero-order valence-corrected chi connectivity index (χ0v) is 14.8. The summed E-state index contributed by atoms with van der Waals surface area (Å²) in [5, 5.41) is 2.75. The highest BCUT2D eigenvalue weighted by atomic mass is 19.3. The molecule has 1 saturated heterocycles. The molecule has 1 N–H and O–H groups in total. The number of rotatable bonds is 7. The van der Waals surface area contributed by atoms with E-state index in [0.29, 0.717) is 12.1 Å². The molecule has 1 fully saturated rings. The van der Waals surface area contributed by atoms with Crippen molar-refractivity contribution < 1.29 is 18.3 Å². The number of hydrogen-bond donors (Lipinski definition) is 1. The molecule has 0 bridgehead atoms. The lowest BCUT2D eigenvalue weighted by Crippen LogP contribution is -2.21. The van der Waals surface area contributed by atoms with Crippen LogP contribution < -0.4 is 15.0 Å². The van der Waals surface area contributed by atoms with Crippen LogP contribution in [0.5, 0.6) is 5.75 Å². The van der Waals surface area contributed by atoms with Crippen LogP contribution in [0, 0.1) is 0 Å².